The van der Waals surface area contributed by atoms with Gasteiger partial charge in [0.2, 0.25) is 5.91 Å². The molecule has 2 saturated heterocycles. The van der Waals surface area contributed by atoms with Gasteiger partial charge in [0.25, 0.3) is 5.91 Å². The number of carbonyl (C=O) groups is 2. The van der Waals surface area contributed by atoms with Gasteiger partial charge in [-0.05, 0) is 62.8 Å². The lowest BCUT2D eigenvalue weighted by Crippen LogP contribution is -2.45. The van der Waals surface area contributed by atoms with Gasteiger partial charge < -0.3 is 15.5 Å². The van der Waals surface area contributed by atoms with Crippen LogP contribution < -0.4 is 10.6 Å². The van der Waals surface area contributed by atoms with Crippen molar-refractivity contribution in [2.75, 3.05) is 19.6 Å². The number of fused-ring (bicyclic) bond motifs is 2. The Labute approximate surface area is 192 Å². The second-order valence-electron chi connectivity index (χ2n) is 8.58. The molecular weight excluding hydrogens is 420 g/mol. The van der Waals surface area contributed by atoms with Gasteiger partial charge in [-0.2, -0.15) is 0 Å². The SMILES string of the molecule is O=C(NC1CCCCNC1=O)c1ccc2c(c1)N=C(N1CCCCC1)c1ccccc1S2. The normalized spacial score (nSPS) is 20.8. The van der Waals surface area contributed by atoms with Gasteiger partial charge in [-0.3, -0.25) is 9.59 Å². The van der Waals surface area contributed by atoms with E-state index >= 15 is 0 Å². The third-order valence-electron chi connectivity index (χ3n) is 6.29. The van der Waals surface area contributed by atoms with Crippen molar-refractivity contribution in [2.24, 2.45) is 4.99 Å². The predicted molar refractivity (Wildman–Crippen MR) is 127 cm³/mol. The number of nitrogens with zero attached hydrogens (tertiary/aromatic N) is 2. The Balaban J connectivity index is 1.46. The van der Waals surface area contributed by atoms with Gasteiger partial charge in [0.15, 0.2) is 0 Å². The van der Waals surface area contributed by atoms with Gasteiger partial charge >= 0.3 is 0 Å². The van der Waals surface area contributed by atoms with Crippen LogP contribution in [0.4, 0.5) is 5.69 Å². The third kappa shape index (κ3) is 4.39. The van der Waals surface area contributed by atoms with Crippen molar-refractivity contribution in [1.82, 2.24) is 15.5 Å². The summed E-state index contributed by atoms with van der Waals surface area (Å²) in [6, 6.07) is 13.6. The van der Waals surface area contributed by atoms with Crippen molar-refractivity contribution in [1.29, 1.82) is 0 Å². The maximum Gasteiger partial charge on any atom is 0.252 e. The molecule has 3 aliphatic rings. The molecule has 0 aliphatic carbocycles. The number of hydrogen-bond acceptors (Lipinski definition) is 5. The second kappa shape index (κ2) is 9.36. The molecule has 5 rings (SSSR count). The van der Waals surface area contributed by atoms with Crippen molar-refractivity contribution in [2.45, 2.75) is 54.4 Å². The highest BCUT2D eigenvalue weighted by Gasteiger charge is 2.25. The number of benzene rings is 2. The molecule has 1 unspecified atom stereocenters. The number of amidine groups is 1. The summed E-state index contributed by atoms with van der Waals surface area (Å²) in [6.45, 7) is 2.68. The van der Waals surface area contributed by atoms with Crippen LogP contribution in [0.3, 0.4) is 0 Å². The van der Waals surface area contributed by atoms with E-state index in [1.165, 1.54) is 24.2 Å². The maximum atomic E-state index is 13.0. The number of nitrogens with one attached hydrogen (secondary N) is 2. The predicted octanol–water partition coefficient (Wildman–Crippen LogP) is 4.11. The lowest BCUT2D eigenvalue weighted by atomic mass is 10.1. The van der Waals surface area contributed by atoms with Gasteiger partial charge in [-0.25, -0.2) is 4.99 Å². The van der Waals surface area contributed by atoms with Crippen molar-refractivity contribution < 1.29 is 9.59 Å². The third-order valence-corrected chi connectivity index (χ3v) is 7.43. The highest BCUT2D eigenvalue weighted by Crippen LogP contribution is 2.41. The number of likely N-dealkylation sites (tertiary alicyclic amines) is 1. The fraction of sp³-hybridized carbons (Fsp3) is 0.400. The highest BCUT2D eigenvalue weighted by molar-refractivity contribution is 7.99. The summed E-state index contributed by atoms with van der Waals surface area (Å²) < 4.78 is 0. The Morgan fingerprint density at radius 3 is 2.75 bits per heavy atom. The molecule has 0 saturated carbocycles. The molecule has 0 bridgehead atoms. The quantitative estimate of drug-likeness (QED) is 0.725. The summed E-state index contributed by atoms with van der Waals surface area (Å²) in [5.41, 5.74) is 2.50. The summed E-state index contributed by atoms with van der Waals surface area (Å²) in [6.07, 6.45) is 6.15. The lowest BCUT2D eigenvalue weighted by Gasteiger charge is -2.30. The van der Waals surface area contributed by atoms with Crippen LogP contribution in [-0.4, -0.2) is 48.2 Å². The van der Waals surface area contributed by atoms with Crippen LogP contribution in [0.2, 0.25) is 0 Å². The first-order chi connectivity index (χ1) is 15.7. The first-order valence-corrected chi connectivity index (χ1v) is 12.3. The standard InChI is InChI=1S/C25H28N4O2S/c30-24(28-19-9-4-5-13-26-25(19)31)17-11-12-22-20(16-17)27-23(29-14-6-1-7-15-29)18-8-2-3-10-21(18)32-22/h2-3,8,10-12,16,19H,1,4-7,9,13-15H2,(H,26,31)(H,28,30). The van der Waals surface area contributed by atoms with E-state index in [4.69, 9.17) is 4.99 Å². The van der Waals surface area contributed by atoms with Crippen molar-refractivity contribution in [3.8, 4) is 0 Å². The zero-order chi connectivity index (χ0) is 21.9. The van der Waals surface area contributed by atoms with Crippen LogP contribution in [0.25, 0.3) is 0 Å². The average Bonchev–Trinajstić information content (AvgIpc) is 3.13. The Morgan fingerprint density at radius 1 is 1.03 bits per heavy atom. The second-order valence-corrected chi connectivity index (χ2v) is 9.66. The average molecular weight is 449 g/mol. The van der Waals surface area contributed by atoms with E-state index in [-0.39, 0.29) is 11.8 Å². The van der Waals surface area contributed by atoms with Crippen LogP contribution in [-0.2, 0) is 4.79 Å². The molecule has 7 heteroatoms. The first-order valence-electron chi connectivity index (χ1n) is 11.5. The van der Waals surface area contributed by atoms with E-state index in [2.05, 4.69) is 39.8 Å². The molecular formula is C25H28N4O2S. The van der Waals surface area contributed by atoms with Crippen LogP contribution in [0, 0.1) is 0 Å². The lowest BCUT2D eigenvalue weighted by molar-refractivity contribution is -0.122. The topological polar surface area (TPSA) is 73.8 Å². The number of rotatable bonds is 2. The summed E-state index contributed by atoms with van der Waals surface area (Å²) >= 11 is 1.69. The van der Waals surface area contributed by atoms with Crippen LogP contribution in [0.15, 0.2) is 57.2 Å². The molecule has 2 amide bonds. The van der Waals surface area contributed by atoms with Crippen molar-refractivity contribution >= 4 is 35.1 Å². The molecule has 2 aromatic carbocycles. The Bertz CT molecular complexity index is 1060. The molecule has 6 nitrogen and oxygen atoms in total. The van der Waals surface area contributed by atoms with Crippen LogP contribution >= 0.6 is 11.8 Å². The van der Waals surface area contributed by atoms with Gasteiger partial charge in [0.1, 0.15) is 11.9 Å². The molecule has 3 aliphatic heterocycles. The zero-order valence-corrected chi connectivity index (χ0v) is 18.9. The molecule has 0 spiro atoms. The van der Waals surface area contributed by atoms with Gasteiger partial charge in [-0.15, -0.1) is 0 Å². The van der Waals surface area contributed by atoms with Gasteiger partial charge in [0.05, 0.1) is 5.69 Å². The van der Waals surface area contributed by atoms with Gasteiger partial charge in [-0.1, -0.05) is 30.0 Å². The molecule has 1 atom stereocenters. The molecule has 3 heterocycles. The molecule has 2 aromatic rings. The molecule has 2 fully saturated rings. The Morgan fingerprint density at radius 2 is 1.88 bits per heavy atom. The number of hydrogen-bond donors (Lipinski definition) is 2. The Hall–Kier alpha value is -2.80. The minimum Gasteiger partial charge on any atom is -0.356 e. The first kappa shape index (κ1) is 21.1. The van der Waals surface area contributed by atoms with E-state index in [1.54, 1.807) is 11.8 Å². The van der Waals surface area contributed by atoms with E-state index < -0.39 is 6.04 Å². The van der Waals surface area contributed by atoms with Crippen LogP contribution in [0.5, 0.6) is 0 Å². The van der Waals surface area contributed by atoms with Crippen molar-refractivity contribution in [3.05, 3.63) is 53.6 Å². The van der Waals surface area contributed by atoms with Crippen LogP contribution in [0.1, 0.15) is 54.4 Å². The minimum absolute atomic E-state index is 0.0954. The summed E-state index contributed by atoms with van der Waals surface area (Å²) in [4.78, 5) is 34.9. The summed E-state index contributed by atoms with van der Waals surface area (Å²) in [5.74, 6) is 0.672. The summed E-state index contributed by atoms with van der Waals surface area (Å²) in [7, 11) is 0. The number of aliphatic imine (C=N–C) groups is 1. The fourth-order valence-electron chi connectivity index (χ4n) is 4.53. The molecule has 0 radical (unpaired) electrons. The molecule has 166 valence electrons. The number of carbonyl (C=O) groups excluding carboxylic acids is 2. The molecule has 32 heavy (non-hydrogen) atoms. The van der Waals surface area contributed by atoms with E-state index in [0.717, 1.165) is 47.9 Å². The van der Waals surface area contributed by atoms with Crippen molar-refractivity contribution in [3.63, 3.8) is 0 Å². The fourth-order valence-corrected chi connectivity index (χ4v) is 5.53. The largest absolute Gasteiger partial charge is 0.356 e. The molecule has 2 N–H and O–H groups in total. The number of piperidine rings is 1. The number of amides is 2. The maximum absolute atomic E-state index is 13.0. The van der Waals surface area contributed by atoms with E-state index in [0.29, 0.717) is 18.5 Å². The van der Waals surface area contributed by atoms with Gasteiger partial charge in [0, 0.05) is 40.6 Å². The Kier molecular flexibility index (Phi) is 6.17. The van der Waals surface area contributed by atoms with E-state index in [9.17, 15) is 9.59 Å². The monoisotopic (exact) mass is 448 g/mol. The highest BCUT2D eigenvalue weighted by atomic mass is 32.2. The zero-order valence-electron chi connectivity index (χ0n) is 18.1. The summed E-state index contributed by atoms with van der Waals surface area (Å²) in [5, 5.41) is 5.80. The minimum atomic E-state index is -0.477. The van der Waals surface area contributed by atoms with E-state index in [1.807, 2.05) is 18.2 Å². The molecule has 0 aromatic heterocycles. The smallest absolute Gasteiger partial charge is 0.252 e.